The minimum Gasteiger partial charge on any atom is -0.507 e. The number of aromatic hydroxyl groups is 1. The van der Waals surface area contributed by atoms with Crippen LogP contribution in [0, 0.1) is 6.92 Å². The second kappa shape index (κ2) is 4.90. The van der Waals surface area contributed by atoms with Crippen molar-refractivity contribution >= 4 is 22.4 Å². The number of benzene rings is 2. The Balaban J connectivity index is 2.43. The summed E-state index contributed by atoms with van der Waals surface area (Å²) in [4.78, 5) is 1.04. The Bertz CT molecular complexity index is 564. The van der Waals surface area contributed by atoms with E-state index in [2.05, 4.69) is 0 Å². The van der Waals surface area contributed by atoms with Crippen molar-refractivity contribution in [2.75, 3.05) is 0 Å². The van der Waals surface area contributed by atoms with Gasteiger partial charge in [0.1, 0.15) is 5.75 Å². The molecule has 2 nitrogen and oxygen atoms in total. The Morgan fingerprint density at radius 1 is 1.12 bits per heavy atom. The molecule has 0 bridgehead atoms. The number of hydrogen-bond acceptors (Lipinski definition) is 2. The summed E-state index contributed by atoms with van der Waals surface area (Å²) in [6, 6.07) is 11.8. The largest absolute Gasteiger partial charge is 0.507 e. The molecule has 0 fully saturated rings. The van der Waals surface area contributed by atoms with Crippen LogP contribution in [0.2, 0.25) is 5.02 Å². The number of halogens is 1. The molecule has 0 heterocycles. The molecule has 1 atom stereocenters. The SMILES string of the molecule is Cc1ccc(O)c(S(=O)c2ccc(Cl)cc2)c1. The van der Waals surface area contributed by atoms with Crippen LogP contribution in [0.5, 0.6) is 5.75 Å². The van der Waals surface area contributed by atoms with Gasteiger partial charge in [-0.25, -0.2) is 4.21 Å². The number of rotatable bonds is 2. The van der Waals surface area contributed by atoms with Crippen LogP contribution in [0.25, 0.3) is 0 Å². The fourth-order valence-electron chi connectivity index (χ4n) is 1.46. The van der Waals surface area contributed by atoms with Crippen LogP contribution < -0.4 is 0 Å². The lowest BCUT2D eigenvalue weighted by molar-refractivity contribution is 0.461. The van der Waals surface area contributed by atoms with E-state index in [-0.39, 0.29) is 5.75 Å². The number of aryl methyl sites for hydroxylation is 1. The van der Waals surface area contributed by atoms with Crippen molar-refractivity contribution < 1.29 is 9.32 Å². The molecule has 4 heteroatoms. The molecule has 17 heavy (non-hydrogen) atoms. The van der Waals surface area contributed by atoms with E-state index in [4.69, 9.17) is 11.6 Å². The summed E-state index contributed by atoms with van der Waals surface area (Å²) in [5, 5.41) is 10.3. The molecule has 1 unspecified atom stereocenters. The summed E-state index contributed by atoms with van der Waals surface area (Å²) < 4.78 is 12.2. The van der Waals surface area contributed by atoms with Crippen LogP contribution in [0.1, 0.15) is 5.56 Å². The first kappa shape index (κ1) is 12.1. The van der Waals surface area contributed by atoms with Gasteiger partial charge in [-0.2, -0.15) is 0 Å². The first-order valence-electron chi connectivity index (χ1n) is 5.05. The van der Waals surface area contributed by atoms with Crippen LogP contribution in [0.4, 0.5) is 0 Å². The maximum atomic E-state index is 12.2. The van der Waals surface area contributed by atoms with Gasteiger partial charge in [-0.1, -0.05) is 17.7 Å². The Labute approximate surface area is 107 Å². The number of hydrogen-bond donors (Lipinski definition) is 1. The monoisotopic (exact) mass is 266 g/mol. The zero-order valence-corrected chi connectivity index (χ0v) is 10.8. The lowest BCUT2D eigenvalue weighted by Crippen LogP contribution is -1.93. The summed E-state index contributed by atoms with van der Waals surface area (Å²) in [6.07, 6.45) is 0. The summed E-state index contributed by atoms with van der Waals surface area (Å²) >= 11 is 5.77. The third-order valence-corrected chi connectivity index (χ3v) is 4.02. The van der Waals surface area contributed by atoms with Crippen LogP contribution in [0.3, 0.4) is 0 Å². The lowest BCUT2D eigenvalue weighted by atomic mass is 10.2. The molecule has 0 aliphatic rings. The fraction of sp³-hybridized carbons (Fsp3) is 0.0769. The third kappa shape index (κ3) is 2.68. The van der Waals surface area contributed by atoms with E-state index >= 15 is 0 Å². The molecule has 0 aliphatic carbocycles. The van der Waals surface area contributed by atoms with Gasteiger partial charge in [-0.3, -0.25) is 0 Å². The molecule has 2 rings (SSSR count). The molecule has 0 aliphatic heterocycles. The van der Waals surface area contributed by atoms with Gasteiger partial charge >= 0.3 is 0 Å². The van der Waals surface area contributed by atoms with Crippen molar-refractivity contribution in [1.82, 2.24) is 0 Å². The van der Waals surface area contributed by atoms with Gasteiger partial charge in [0.25, 0.3) is 0 Å². The maximum absolute atomic E-state index is 12.2. The number of phenolic OH excluding ortho intramolecular Hbond substituents is 1. The van der Waals surface area contributed by atoms with Gasteiger partial charge in [0.15, 0.2) is 0 Å². The molecule has 0 aromatic heterocycles. The Morgan fingerprint density at radius 2 is 1.76 bits per heavy atom. The van der Waals surface area contributed by atoms with Crippen molar-refractivity contribution in [3.05, 3.63) is 53.1 Å². The molecule has 1 N–H and O–H groups in total. The van der Waals surface area contributed by atoms with E-state index in [1.54, 1.807) is 42.5 Å². The van der Waals surface area contributed by atoms with E-state index in [9.17, 15) is 9.32 Å². The van der Waals surface area contributed by atoms with E-state index in [0.29, 0.717) is 14.8 Å². The zero-order valence-electron chi connectivity index (χ0n) is 9.18. The fourth-order valence-corrected chi connectivity index (χ4v) is 2.77. The predicted molar refractivity (Wildman–Crippen MR) is 69.0 cm³/mol. The third-order valence-electron chi connectivity index (χ3n) is 2.34. The van der Waals surface area contributed by atoms with Gasteiger partial charge in [0.05, 0.1) is 15.7 Å². The van der Waals surface area contributed by atoms with E-state index in [1.165, 1.54) is 0 Å². The normalized spacial score (nSPS) is 12.4. The highest BCUT2D eigenvalue weighted by atomic mass is 35.5. The summed E-state index contributed by atoms with van der Waals surface area (Å²) in [5.74, 6) is 0.0453. The van der Waals surface area contributed by atoms with Gasteiger partial charge < -0.3 is 5.11 Å². The highest BCUT2D eigenvalue weighted by molar-refractivity contribution is 7.85. The topological polar surface area (TPSA) is 37.3 Å². The molecule has 0 spiro atoms. The average Bonchev–Trinajstić information content (AvgIpc) is 2.32. The van der Waals surface area contributed by atoms with Crippen LogP contribution >= 0.6 is 11.6 Å². The minimum absolute atomic E-state index is 0.0453. The molecule has 2 aromatic carbocycles. The van der Waals surface area contributed by atoms with E-state index in [1.807, 2.05) is 6.92 Å². The average molecular weight is 267 g/mol. The first-order chi connectivity index (χ1) is 8.08. The van der Waals surface area contributed by atoms with Crippen molar-refractivity contribution in [3.63, 3.8) is 0 Å². The van der Waals surface area contributed by atoms with Gasteiger partial charge in [0.2, 0.25) is 0 Å². The van der Waals surface area contributed by atoms with Crippen molar-refractivity contribution in [1.29, 1.82) is 0 Å². The van der Waals surface area contributed by atoms with Crippen molar-refractivity contribution in [3.8, 4) is 5.75 Å². The molecule has 0 radical (unpaired) electrons. The van der Waals surface area contributed by atoms with Crippen LogP contribution in [0.15, 0.2) is 52.3 Å². The van der Waals surface area contributed by atoms with Gasteiger partial charge in [-0.05, 0) is 48.9 Å². The predicted octanol–water partition coefficient (Wildman–Crippen LogP) is 3.52. The molecule has 0 amide bonds. The smallest absolute Gasteiger partial charge is 0.132 e. The molecule has 0 saturated heterocycles. The molecule has 88 valence electrons. The Morgan fingerprint density at radius 3 is 2.41 bits per heavy atom. The molecular weight excluding hydrogens is 256 g/mol. The summed E-state index contributed by atoms with van der Waals surface area (Å²) in [7, 11) is -1.39. The second-order valence-corrected chi connectivity index (χ2v) is 5.58. The van der Waals surface area contributed by atoms with Gasteiger partial charge in [0, 0.05) is 9.92 Å². The van der Waals surface area contributed by atoms with E-state index in [0.717, 1.165) is 5.56 Å². The standard InChI is InChI=1S/C13H11ClO2S/c1-9-2-7-12(15)13(8-9)17(16)11-5-3-10(14)4-6-11/h2-8,15H,1H3. The molecule has 2 aromatic rings. The molecule has 0 saturated carbocycles. The summed E-state index contributed by atoms with van der Waals surface area (Å²) in [6.45, 7) is 1.89. The minimum atomic E-state index is -1.39. The summed E-state index contributed by atoms with van der Waals surface area (Å²) in [5.41, 5.74) is 0.958. The molecular formula is C13H11ClO2S. The first-order valence-corrected chi connectivity index (χ1v) is 6.57. The van der Waals surface area contributed by atoms with Gasteiger partial charge in [-0.15, -0.1) is 0 Å². The number of phenols is 1. The highest BCUT2D eigenvalue weighted by Crippen LogP contribution is 2.26. The Kier molecular flexibility index (Phi) is 3.50. The quantitative estimate of drug-likeness (QED) is 0.903. The van der Waals surface area contributed by atoms with Crippen LogP contribution in [-0.2, 0) is 10.8 Å². The maximum Gasteiger partial charge on any atom is 0.132 e. The highest BCUT2D eigenvalue weighted by Gasteiger charge is 2.11. The van der Waals surface area contributed by atoms with Crippen molar-refractivity contribution in [2.45, 2.75) is 16.7 Å². The zero-order chi connectivity index (χ0) is 12.4. The van der Waals surface area contributed by atoms with Crippen LogP contribution in [-0.4, -0.2) is 9.32 Å². The second-order valence-electron chi connectivity index (χ2n) is 3.69. The van der Waals surface area contributed by atoms with E-state index < -0.39 is 10.8 Å². The van der Waals surface area contributed by atoms with Crippen molar-refractivity contribution in [2.24, 2.45) is 0 Å². The lowest BCUT2D eigenvalue weighted by Gasteiger charge is -2.06. The Hall–Kier alpha value is -1.32.